The van der Waals surface area contributed by atoms with Crippen molar-refractivity contribution in [2.24, 2.45) is 0 Å². The van der Waals surface area contributed by atoms with Crippen molar-refractivity contribution in [3.8, 4) is 5.69 Å². The molecule has 1 N–H and O–H groups in total. The van der Waals surface area contributed by atoms with Gasteiger partial charge in [0.05, 0.1) is 5.69 Å². The van der Waals surface area contributed by atoms with Crippen LogP contribution in [0.1, 0.15) is 22.5 Å². The average Bonchev–Trinajstić information content (AvgIpc) is 3.01. The molecule has 0 spiro atoms. The molecule has 0 radical (unpaired) electrons. The first kappa shape index (κ1) is 21.5. The van der Waals surface area contributed by atoms with Crippen LogP contribution < -0.4 is 10.2 Å². The van der Waals surface area contributed by atoms with Crippen LogP contribution in [-0.2, 0) is 9.59 Å². The first-order valence-corrected chi connectivity index (χ1v) is 10.2. The van der Waals surface area contributed by atoms with Crippen LogP contribution in [0.15, 0.2) is 54.1 Å². The van der Waals surface area contributed by atoms with E-state index in [1.807, 2.05) is 24.5 Å². The van der Waals surface area contributed by atoms with Gasteiger partial charge in [0, 0.05) is 22.1 Å². The summed E-state index contributed by atoms with van der Waals surface area (Å²) >= 11 is 6.15. The van der Waals surface area contributed by atoms with Crippen molar-refractivity contribution in [3.63, 3.8) is 0 Å². The van der Waals surface area contributed by atoms with Crippen molar-refractivity contribution in [2.75, 3.05) is 4.90 Å². The highest BCUT2D eigenvalue weighted by atomic mass is 35.5. The molecule has 4 amide bonds. The fraction of sp³-hybridized carbons (Fsp3) is 0.125. The number of aryl methyl sites for hydroxylation is 2. The number of barbiturate groups is 1. The predicted octanol–water partition coefficient (Wildman–Crippen LogP) is 4.86. The Kier molecular flexibility index (Phi) is 5.44. The van der Waals surface area contributed by atoms with Crippen molar-refractivity contribution in [1.82, 2.24) is 9.88 Å². The number of rotatable bonds is 3. The van der Waals surface area contributed by atoms with E-state index >= 15 is 0 Å². The van der Waals surface area contributed by atoms with Crippen LogP contribution in [0.4, 0.5) is 14.9 Å². The minimum absolute atomic E-state index is 0.180. The lowest BCUT2D eigenvalue weighted by Crippen LogP contribution is -2.54. The van der Waals surface area contributed by atoms with Crippen molar-refractivity contribution in [1.29, 1.82) is 0 Å². The Bertz CT molecular complexity index is 1310. The minimum Gasteiger partial charge on any atom is -0.318 e. The van der Waals surface area contributed by atoms with E-state index in [0.717, 1.165) is 27.5 Å². The van der Waals surface area contributed by atoms with Gasteiger partial charge in [-0.2, -0.15) is 0 Å². The van der Waals surface area contributed by atoms with Gasteiger partial charge in [-0.05, 0) is 80.4 Å². The number of carbonyl (C=O) groups is 3. The summed E-state index contributed by atoms with van der Waals surface area (Å²) in [5.41, 5.74) is 3.84. The Balaban J connectivity index is 1.76. The lowest BCUT2D eigenvalue weighted by Gasteiger charge is -2.26. The maximum atomic E-state index is 13.3. The van der Waals surface area contributed by atoms with Crippen LogP contribution in [0.5, 0.6) is 0 Å². The maximum absolute atomic E-state index is 13.3. The molecule has 1 aliphatic heterocycles. The zero-order valence-corrected chi connectivity index (χ0v) is 18.3. The molecule has 6 nitrogen and oxygen atoms in total. The highest BCUT2D eigenvalue weighted by Gasteiger charge is 2.37. The van der Waals surface area contributed by atoms with E-state index < -0.39 is 17.8 Å². The standard InChI is InChI=1S/C24H19ClFN3O3/c1-13-4-7-19(12-21(13)25)29-23(31)20(22(30)27-24(29)32)11-16-10-14(2)28(15(16)3)18-8-5-17(26)6-9-18/h4-12H,1-3H3,(H,27,30,32)/b20-11+. The number of anilines is 1. The molecule has 0 saturated carbocycles. The zero-order chi connectivity index (χ0) is 23.2. The Morgan fingerprint density at radius 2 is 1.59 bits per heavy atom. The van der Waals surface area contributed by atoms with E-state index in [2.05, 4.69) is 5.32 Å². The summed E-state index contributed by atoms with van der Waals surface area (Å²) in [5, 5.41) is 2.61. The molecule has 2 heterocycles. The Hall–Kier alpha value is -3.71. The molecule has 2 aromatic carbocycles. The Morgan fingerprint density at radius 3 is 2.25 bits per heavy atom. The van der Waals surface area contributed by atoms with Gasteiger partial charge in [0.15, 0.2) is 0 Å². The molecule has 4 rings (SSSR count). The van der Waals surface area contributed by atoms with E-state index in [-0.39, 0.29) is 17.1 Å². The molecule has 8 heteroatoms. The second-order valence-corrected chi connectivity index (χ2v) is 7.94. The highest BCUT2D eigenvalue weighted by Crippen LogP contribution is 2.28. The van der Waals surface area contributed by atoms with Gasteiger partial charge in [-0.15, -0.1) is 0 Å². The van der Waals surface area contributed by atoms with E-state index in [1.165, 1.54) is 24.3 Å². The third kappa shape index (κ3) is 3.71. The number of nitrogens with one attached hydrogen (secondary N) is 1. The molecule has 1 aliphatic rings. The number of halogens is 2. The van der Waals surface area contributed by atoms with E-state index in [1.54, 1.807) is 31.2 Å². The highest BCUT2D eigenvalue weighted by molar-refractivity contribution is 6.39. The van der Waals surface area contributed by atoms with Crippen LogP contribution in [0.25, 0.3) is 11.8 Å². The summed E-state index contributed by atoms with van der Waals surface area (Å²) in [7, 11) is 0. The second kappa shape index (κ2) is 8.09. The summed E-state index contributed by atoms with van der Waals surface area (Å²) in [5.74, 6) is -1.87. The summed E-state index contributed by atoms with van der Waals surface area (Å²) < 4.78 is 15.2. The smallest absolute Gasteiger partial charge is 0.318 e. The largest absolute Gasteiger partial charge is 0.335 e. The number of imide groups is 2. The number of benzene rings is 2. The number of hydrogen-bond donors (Lipinski definition) is 1. The Morgan fingerprint density at radius 1 is 0.938 bits per heavy atom. The quantitative estimate of drug-likeness (QED) is 0.456. The molecular formula is C24H19ClFN3O3. The van der Waals surface area contributed by atoms with Gasteiger partial charge in [0.2, 0.25) is 0 Å². The molecule has 32 heavy (non-hydrogen) atoms. The average molecular weight is 452 g/mol. The first-order chi connectivity index (χ1) is 15.2. The summed E-state index contributed by atoms with van der Waals surface area (Å²) in [6.07, 6.45) is 1.45. The molecule has 1 aromatic heterocycles. The topological polar surface area (TPSA) is 71.4 Å². The maximum Gasteiger partial charge on any atom is 0.335 e. The number of carbonyl (C=O) groups excluding carboxylic acids is 3. The summed E-state index contributed by atoms with van der Waals surface area (Å²) in [6.45, 7) is 5.50. The number of urea groups is 1. The van der Waals surface area contributed by atoms with Gasteiger partial charge in [-0.25, -0.2) is 14.1 Å². The molecule has 0 aliphatic carbocycles. The van der Waals surface area contributed by atoms with Gasteiger partial charge in [-0.3, -0.25) is 14.9 Å². The van der Waals surface area contributed by atoms with Gasteiger partial charge < -0.3 is 4.57 Å². The molecule has 1 saturated heterocycles. The van der Waals surface area contributed by atoms with Crippen molar-refractivity contribution >= 4 is 41.2 Å². The van der Waals surface area contributed by atoms with Gasteiger partial charge in [-0.1, -0.05) is 17.7 Å². The third-order valence-electron chi connectivity index (χ3n) is 5.37. The van der Waals surface area contributed by atoms with Crippen LogP contribution in [0.3, 0.4) is 0 Å². The zero-order valence-electron chi connectivity index (χ0n) is 17.6. The number of aromatic nitrogens is 1. The fourth-order valence-electron chi connectivity index (χ4n) is 3.69. The van der Waals surface area contributed by atoms with E-state index in [0.29, 0.717) is 10.6 Å². The summed E-state index contributed by atoms with van der Waals surface area (Å²) in [6, 6.07) is 11.8. The lowest BCUT2D eigenvalue weighted by molar-refractivity contribution is -0.122. The molecule has 162 valence electrons. The normalized spacial score (nSPS) is 15.5. The molecule has 1 fully saturated rings. The summed E-state index contributed by atoms with van der Waals surface area (Å²) in [4.78, 5) is 39.0. The number of nitrogens with zero attached hydrogens (tertiary/aromatic N) is 2. The molecule has 0 unspecified atom stereocenters. The molecule has 0 bridgehead atoms. The number of amides is 4. The fourth-order valence-corrected chi connectivity index (χ4v) is 3.86. The van der Waals surface area contributed by atoms with Crippen molar-refractivity contribution in [3.05, 3.63) is 87.5 Å². The van der Waals surface area contributed by atoms with Gasteiger partial charge >= 0.3 is 6.03 Å². The lowest BCUT2D eigenvalue weighted by atomic mass is 10.1. The third-order valence-corrected chi connectivity index (χ3v) is 5.78. The molecular weight excluding hydrogens is 433 g/mol. The monoisotopic (exact) mass is 451 g/mol. The van der Waals surface area contributed by atoms with Crippen LogP contribution in [-0.4, -0.2) is 22.4 Å². The first-order valence-electron chi connectivity index (χ1n) is 9.80. The van der Waals surface area contributed by atoms with Crippen molar-refractivity contribution in [2.45, 2.75) is 20.8 Å². The predicted molar refractivity (Wildman–Crippen MR) is 120 cm³/mol. The van der Waals surface area contributed by atoms with Crippen LogP contribution in [0.2, 0.25) is 5.02 Å². The SMILES string of the molecule is Cc1ccc(N2C(=O)NC(=O)/C(=C\c3cc(C)n(-c4ccc(F)cc4)c3C)C2=O)cc1Cl. The van der Waals surface area contributed by atoms with Gasteiger partial charge in [0.1, 0.15) is 11.4 Å². The van der Waals surface area contributed by atoms with Gasteiger partial charge in [0.25, 0.3) is 11.8 Å². The Labute approximate surface area is 188 Å². The number of hydrogen-bond acceptors (Lipinski definition) is 3. The molecule has 0 atom stereocenters. The second-order valence-electron chi connectivity index (χ2n) is 7.53. The van der Waals surface area contributed by atoms with Crippen LogP contribution in [0, 0.1) is 26.6 Å². The van der Waals surface area contributed by atoms with E-state index in [4.69, 9.17) is 11.6 Å². The van der Waals surface area contributed by atoms with E-state index in [9.17, 15) is 18.8 Å². The van der Waals surface area contributed by atoms with Crippen LogP contribution >= 0.6 is 11.6 Å². The van der Waals surface area contributed by atoms with Crippen molar-refractivity contribution < 1.29 is 18.8 Å². The molecule has 3 aromatic rings. The minimum atomic E-state index is -0.839.